The lowest BCUT2D eigenvalue weighted by atomic mass is 9.95. The number of aryl methyl sites for hydroxylation is 3. The van der Waals surface area contributed by atoms with Crippen molar-refractivity contribution in [2.75, 3.05) is 12.3 Å². The first-order valence-corrected chi connectivity index (χ1v) is 11.2. The van der Waals surface area contributed by atoms with Crippen molar-refractivity contribution in [2.24, 2.45) is 0 Å². The summed E-state index contributed by atoms with van der Waals surface area (Å²) in [7, 11) is 0. The van der Waals surface area contributed by atoms with Gasteiger partial charge in [-0.1, -0.05) is 38.5 Å². The van der Waals surface area contributed by atoms with Crippen molar-refractivity contribution in [1.82, 2.24) is 15.3 Å². The van der Waals surface area contributed by atoms with Crippen molar-refractivity contribution in [3.8, 4) is 0 Å². The number of nitrogens with one attached hydrogen (secondary N) is 1. The first-order chi connectivity index (χ1) is 13.2. The van der Waals surface area contributed by atoms with E-state index in [9.17, 15) is 4.79 Å². The number of rotatable bonds is 5. The van der Waals surface area contributed by atoms with Crippen LogP contribution in [0.5, 0.6) is 0 Å². The molecule has 3 rings (SSSR count). The van der Waals surface area contributed by atoms with E-state index in [1.165, 1.54) is 21.8 Å². The van der Waals surface area contributed by atoms with Gasteiger partial charge in [-0.25, -0.2) is 9.97 Å². The number of fused-ring (bicyclic) bond motifs is 1. The van der Waals surface area contributed by atoms with Gasteiger partial charge in [0.1, 0.15) is 10.7 Å². The molecule has 4 nitrogen and oxygen atoms in total. The Morgan fingerprint density at radius 1 is 1.11 bits per heavy atom. The number of aromatic nitrogens is 2. The SMILES string of the molecule is Cc1ccc(SCCNC(=O)c2sc3nc(C(C)(C)C)nc(C)c3c2C)cc1. The maximum Gasteiger partial charge on any atom is 0.261 e. The highest BCUT2D eigenvalue weighted by Gasteiger charge is 2.23. The molecular formula is C22H27N3OS2. The highest BCUT2D eigenvalue weighted by atomic mass is 32.2. The molecule has 0 spiro atoms. The van der Waals surface area contributed by atoms with E-state index < -0.39 is 0 Å². The molecule has 0 saturated carbocycles. The van der Waals surface area contributed by atoms with Crippen LogP contribution in [0.25, 0.3) is 10.2 Å². The van der Waals surface area contributed by atoms with E-state index in [-0.39, 0.29) is 11.3 Å². The standard InChI is InChI=1S/C22H27N3OS2/c1-13-7-9-16(10-8-13)27-12-11-23-19(26)18-14(2)17-15(3)24-21(22(4,5)6)25-20(17)28-18/h7-10H,11-12H2,1-6H3,(H,23,26). The Bertz CT molecular complexity index is 1000. The van der Waals surface area contributed by atoms with Crippen molar-refractivity contribution < 1.29 is 4.79 Å². The normalized spacial score (nSPS) is 11.8. The lowest BCUT2D eigenvalue weighted by Gasteiger charge is -2.16. The Balaban J connectivity index is 1.70. The lowest BCUT2D eigenvalue weighted by molar-refractivity contribution is 0.0960. The molecule has 6 heteroatoms. The zero-order valence-corrected chi connectivity index (χ0v) is 19.0. The molecule has 28 heavy (non-hydrogen) atoms. The van der Waals surface area contributed by atoms with E-state index in [2.05, 4.69) is 62.3 Å². The quantitative estimate of drug-likeness (QED) is 0.447. The Hall–Kier alpha value is -1.92. The number of carbonyl (C=O) groups is 1. The molecule has 1 N–H and O–H groups in total. The van der Waals surface area contributed by atoms with Crippen LogP contribution in [-0.2, 0) is 5.41 Å². The van der Waals surface area contributed by atoms with Crippen molar-refractivity contribution in [3.63, 3.8) is 0 Å². The molecule has 0 unspecified atom stereocenters. The number of nitrogens with zero attached hydrogens (tertiary/aromatic N) is 2. The summed E-state index contributed by atoms with van der Waals surface area (Å²) in [5.74, 6) is 1.63. The largest absolute Gasteiger partial charge is 0.350 e. The van der Waals surface area contributed by atoms with Gasteiger partial charge < -0.3 is 5.32 Å². The predicted molar refractivity (Wildman–Crippen MR) is 120 cm³/mol. The highest BCUT2D eigenvalue weighted by Crippen LogP contribution is 2.33. The van der Waals surface area contributed by atoms with Crippen LogP contribution in [0.15, 0.2) is 29.2 Å². The van der Waals surface area contributed by atoms with Crippen molar-refractivity contribution >= 4 is 39.2 Å². The van der Waals surface area contributed by atoms with E-state index in [0.29, 0.717) is 6.54 Å². The van der Waals surface area contributed by atoms with Crippen LogP contribution in [-0.4, -0.2) is 28.2 Å². The lowest BCUT2D eigenvalue weighted by Crippen LogP contribution is -2.25. The van der Waals surface area contributed by atoms with Gasteiger partial charge in [-0.15, -0.1) is 23.1 Å². The average molecular weight is 414 g/mol. The molecule has 0 aliphatic rings. The van der Waals surface area contributed by atoms with Gasteiger partial charge in [0.05, 0.1) is 10.6 Å². The van der Waals surface area contributed by atoms with Crippen LogP contribution in [0.3, 0.4) is 0 Å². The summed E-state index contributed by atoms with van der Waals surface area (Å²) < 4.78 is 0. The third kappa shape index (κ3) is 4.55. The Morgan fingerprint density at radius 3 is 2.43 bits per heavy atom. The monoisotopic (exact) mass is 413 g/mol. The van der Waals surface area contributed by atoms with Gasteiger partial charge in [0.15, 0.2) is 0 Å². The summed E-state index contributed by atoms with van der Waals surface area (Å²) >= 11 is 3.21. The molecule has 0 saturated heterocycles. The zero-order chi connectivity index (χ0) is 20.5. The topological polar surface area (TPSA) is 54.9 Å². The predicted octanol–water partition coefficient (Wildman–Crippen LogP) is 5.44. The van der Waals surface area contributed by atoms with Gasteiger partial charge in [0, 0.05) is 28.0 Å². The fourth-order valence-electron chi connectivity index (χ4n) is 2.94. The highest BCUT2D eigenvalue weighted by molar-refractivity contribution is 7.99. The molecule has 1 aromatic carbocycles. The molecule has 2 heterocycles. The van der Waals surface area contributed by atoms with Crippen LogP contribution in [0.1, 0.15) is 53.1 Å². The van der Waals surface area contributed by atoms with Gasteiger partial charge in [0.2, 0.25) is 0 Å². The summed E-state index contributed by atoms with van der Waals surface area (Å²) in [5, 5.41) is 4.06. The molecule has 1 amide bonds. The van der Waals surface area contributed by atoms with Gasteiger partial charge in [-0.3, -0.25) is 4.79 Å². The van der Waals surface area contributed by atoms with Crippen LogP contribution < -0.4 is 5.32 Å². The van der Waals surface area contributed by atoms with Gasteiger partial charge in [0.25, 0.3) is 5.91 Å². The smallest absolute Gasteiger partial charge is 0.261 e. The number of hydrogen-bond donors (Lipinski definition) is 1. The van der Waals surface area contributed by atoms with E-state index in [1.54, 1.807) is 11.8 Å². The fraction of sp³-hybridized carbons (Fsp3) is 0.409. The van der Waals surface area contributed by atoms with Crippen LogP contribution in [0.4, 0.5) is 0 Å². The molecule has 0 atom stereocenters. The molecule has 2 aromatic heterocycles. The summed E-state index contributed by atoms with van der Waals surface area (Å²) in [4.78, 5) is 25.0. The molecule has 0 radical (unpaired) electrons. The Morgan fingerprint density at radius 2 is 1.79 bits per heavy atom. The number of carbonyl (C=O) groups excluding carboxylic acids is 1. The molecule has 0 aliphatic carbocycles. The number of hydrogen-bond acceptors (Lipinski definition) is 5. The fourth-order valence-corrected chi connectivity index (χ4v) is 4.86. The molecule has 0 aliphatic heterocycles. The number of benzene rings is 1. The minimum atomic E-state index is -0.119. The number of thioether (sulfide) groups is 1. The summed E-state index contributed by atoms with van der Waals surface area (Å²) in [6, 6.07) is 8.45. The molecule has 0 fully saturated rings. The third-order valence-corrected chi connectivity index (χ3v) is 6.72. The minimum Gasteiger partial charge on any atom is -0.350 e. The van der Waals surface area contributed by atoms with E-state index >= 15 is 0 Å². The molecule has 148 valence electrons. The minimum absolute atomic E-state index is 0.0262. The van der Waals surface area contributed by atoms with Gasteiger partial charge >= 0.3 is 0 Å². The maximum absolute atomic E-state index is 12.7. The number of thiophene rings is 1. The Kier molecular flexibility index (Phi) is 6.10. The van der Waals surface area contributed by atoms with E-state index in [1.807, 2.05) is 13.8 Å². The summed E-state index contributed by atoms with van der Waals surface area (Å²) in [6.07, 6.45) is 0. The van der Waals surface area contributed by atoms with E-state index in [4.69, 9.17) is 4.98 Å². The summed E-state index contributed by atoms with van der Waals surface area (Å²) in [6.45, 7) is 13.0. The van der Waals surface area contributed by atoms with Crippen molar-refractivity contribution in [2.45, 2.75) is 51.9 Å². The maximum atomic E-state index is 12.7. The summed E-state index contributed by atoms with van der Waals surface area (Å²) in [5.41, 5.74) is 3.05. The third-order valence-electron chi connectivity index (χ3n) is 4.53. The van der Waals surface area contributed by atoms with E-state index in [0.717, 1.165) is 37.9 Å². The van der Waals surface area contributed by atoms with Crippen LogP contribution in [0, 0.1) is 20.8 Å². The van der Waals surface area contributed by atoms with Crippen molar-refractivity contribution in [3.05, 3.63) is 51.8 Å². The second-order valence-electron chi connectivity index (χ2n) is 8.04. The van der Waals surface area contributed by atoms with Crippen LogP contribution >= 0.6 is 23.1 Å². The number of amides is 1. The Labute approximate surface area is 175 Å². The first-order valence-electron chi connectivity index (χ1n) is 9.42. The average Bonchev–Trinajstić information content (AvgIpc) is 2.96. The first kappa shape index (κ1) is 20.8. The van der Waals surface area contributed by atoms with Gasteiger partial charge in [-0.05, 0) is 38.5 Å². The van der Waals surface area contributed by atoms with Crippen LogP contribution in [0.2, 0.25) is 0 Å². The molecule has 0 bridgehead atoms. The van der Waals surface area contributed by atoms with Crippen molar-refractivity contribution in [1.29, 1.82) is 0 Å². The zero-order valence-electron chi connectivity index (χ0n) is 17.3. The second kappa shape index (κ2) is 8.21. The van der Waals surface area contributed by atoms with Gasteiger partial charge in [-0.2, -0.15) is 0 Å². The molecule has 3 aromatic rings. The molecular weight excluding hydrogens is 386 g/mol. The second-order valence-corrected chi connectivity index (χ2v) is 10.2.